The summed E-state index contributed by atoms with van der Waals surface area (Å²) in [6.45, 7) is -2.78. The molecule has 20 heavy (non-hydrogen) atoms. The molecule has 0 fully saturated rings. The van der Waals surface area contributed by atoms with E-state index < -0.39 is 6.61 Å². The van der Waals surface area contributed by atoms with Gasteiger partial charge in [-0.25, -0.2) is 0 Å². The van der Waals surface area contributed by atoms with Crippen LogP contribution in [0.3, 0.4) is 0 Å². The fraction of sp³-hybridized carbons (Fsp3) is 0.333. The highest BCUT2D eigenvalue weighted by molar-refractivity contribution is 7.10. The van der Waals surface area contributed by atoms with E-state index >= 15 is 0 Å². The molecule has 0 saturated heterocycles. The summed E-state index contributed by atoms with van der Waals surface area (Å²) < 4.78 is 28.5. The van der Waals surface area contributed by atoms with Gasteiger partial charge in [0.2, 0.25) is 0 Å². The minimum Gasteiger partial charge on any atom is -0.435 e. The van der Waals surface area contributed by atoms with E-state index in [1.54, 1.807) is 35.6 Å². The van der Waals surface area contributed by atoms with Gasteiger partial charge in [-0.15, -0.1) is 11.3 Å². The lowest BCUT2D eigenvalue weighted by Gasteiger charge is -2.24. The lowest BCUT2D eigenvalue weighted by atomic mass is 9.94. The van der Waals surface area contributed by atoms with E-state index in [9.17, 15) is 8.78 Å². The number of halogens is 2. The van der Waals surface area contributed by atoms with Gasteiger partial charge < -0.3 is 10.1 Å². The average Bonchev–Trinajstić information content (AvgIpc) is 2.90. The van der Waals surface area contributed by atoms with Gasteiger partial charge in [0.15, 0.2) is 0 Å². The predicted octanol–water partition coefficient (Wildman–Crippen LogP) is 4.84. The standard InChI is InChI=1S/C15H15F2NOS/c16-15(17)19-11-6-4-10(5-7-11)18-13-2-1-3-14-12(13)8-9-20-14/h4-9,13,15,18H,1-3H2. The number of rotatable bonds is 4. The van der Waals surface area contributed by atoms with Gasteiger partial charge in [-0.1, -0.05) is 0 Å². The number of benzene rings is 1. The summed E-state index contributed by atoms with van der Waals surface area (Å²) in [6, 6.07) is 9.16. The van der Waals surface area contributed by atoms with Crippen LogP contribution in [0.5, 0.6) is 5.75 Å². The second-order valence-corrected chi connectivity index (χ2v) is 5.79. The Balaban J connectivity index is 1.70. The second-order valence-electron chi connectivity index (χ2n) is 4.79. The summed E-state index contributed by atoms with van der Waals surface area (Å²) in [6.07, 6.45) is 3.43. The summed E-state index contributed by atoms with van der Waals surface area (Å²) in [5, 5.41) is 5.60. The molecule has 0 spiro atoms. The van der Waals surface area contributed by atoms with Crippen molar-refractivity contribution in [3.8, 4) is 5.75 Å². The zero-order chi connectivity index (χ0) is 13.9. The maximum atomic E-state index is 12.1. The van der Waals surface area contributed by atoms with Gasteiger partial charge in [0, 0.05) is 10.6 Å². The van der Waals surface area contributed by atoms with Gasteiger partial charge in [-0.2, -0.15) is 8.78 Å². The van der Waals surface area contributed by atoms with Crippen LogP contribution >= 0.6 is 11.3 Å². The molecule has 1 aliphatic rings. The molecular formula is C15H15F2NOS. The monoisotopic (exact) mass is 295 g/mol. The van der Waals surface area contributed by atoms with Gasteiger partial charge in [0.05, 0.1) is 6.04 Å². The minimum atomic E-state index is -2.78. The topological polar surface area (TPSA) is 21.3 Å². The van der Waals surface area contributed by atoms with Crippen molar-refractivity contribution in [3.05, 3.63) is 46.2 Å². The van der Waals surface area contributed by atoms with Gasteiger partial charge >= 0.3 is 6.61 Å². The van der Waals surface area contributed by atoms with Crippen molar-refractivity contribution in [2.24, 2.45) is 0 Å². The first-order chi connectivity index (χ1) is 9.72. The van der Waals surface area contributed by atoms with Crippen molar-refractivity contribution in [1.82, 2.24) is 0 Å². The number of hydrogen-bond acceptors (Lipinski definition) is 3. The first kappa shape index (κ1) is 13.4. The third-order valence-corrected chi connectivity index (χ3v) is 4.47. The Morgan fingerprint density at radius 1 is 1.20 bits per heavy atom. The molecule has 0 saturated carbocycles. The van der Waals surface area contributed by atoms with Crippen LogP contribution in [-0.2, 0) is 6.42 Å². The van der Waals surface area contributed by atoms with E-state index in [4.69, 9.17) is 0 Å². The van der Waals surface area contributed by atoms with Crippen LogP contribution in [0.2, 0.25) is 0 Å². The predicted molar refractivity (Wildman–Crippen MR) is 76.7 cm³/mol. The molecule has 3 rings (SSSR count). The Kier molecular flexibility index (Phi) is 3.87. The summed E-state index contributed by atoms with van der Waals surface area (Å²) in [5.41, 5.74) is 2.30. The number of aryl methyl sites for hydroxylation is 1. The van der Waals surface area contributed by atoms with E-state index in [1.165, 1.54) is 16.9 Å². The maximum Gasteiger partial charge on any atom is 0.387 e. The Bertz CT molecular complexity index is 568. The lowest BCUT2D eigenvalue weighted by Crippen LogP contribution is -2.15. The average molecular weight is 295 g/mol. The van der Waals surface area contributed by atoms with Gasteiger partial charge in [-0.05, 0) is 60.5 Å². The fourth-order valence-corrected chi connectivity index (χ4v) is 3.56. The molecule has 2 aromatic rings. The molecule has 1 atom stereocenters. The molecule has 1 aliphatic carbocycles. The zero-order valence-corrected chi connectivity index (χ0v) is 11.6. The van der Waals surface area contributed by atoms with Crippen molar-refractivity contribution in [1.29, 1.82) is 0 Å². The molecule has 1 unspecified atom stereocenters. The molecule has 5 heteroatoms. The highest BCUT2D eigenvalue weighted by atomic mass is 32.1. The van der Waals surface area contributed by atoms with E-state index in [1.807, 2.05) is 0 Å². The molecule has 1 aromatic heterocycles. The Labute approximate surface area is 120 Å². The SMILES string of the molecule is FC(F)Oc1ccc(NC2CCCc3sccc32)cc1. The lowest BCUT2D eigenvalue weighted by molar-refractivity contribution is -0.0498. The third-order valence-electron chi connectivity index (χ3n) is 3.47. The smallest absolute Gasteiger partial charge is 0.387 e. The largest absolute Gasteiger partial charge is 0.435 e. The summed E-state index contributed by atoms with van der Waals surface area (Å²) in [4.78, 5) is 1.45. The molecule has 1 aromatic carbocycles. The van der Waals surface area contributed by atoms with Gasteiger partial charge in [0.25, 0.3) is 0 Å². The molecule has 1 N–H and O–H groups in total. The molecule has 0 aliphatic heterocycles. The summed E-state index contributed by atoms with van der Waals surface area (Å²) in [7, 11) is 0. The van der Waals surface area contributed by atoms with Crippen molar-refractivity contribution in [3.63, 3.8) is 0 Å². The Hall–Kier alpha value is -1.62. The summed E-state index contributed by atoms with van der Waals surface area (Å²) in [5.74, 6) is 0.186. The Morgan fingerprint density at radius 3 is 2.75 bits per heavy atom. The zero-order valence-electron chi connectivity index (χ0n) is 10.8. The van der Waals surface area contributed by atoms with Crippen LogP contribution in [0.15, 0.2) is 35.7 Å². The van der Waals surface area contributed by atoms with E-state index in [2.05, 4.69) is 21.5 Å². The molecule has 106 valence electrons. The number of hydrogen-bond donors (Lipinski definition) is 1. The van der Waals surface area contributed by atoms with Crippen LogP contribution < -0.4 is 10.1 Å². The number of anilines is 1. The quantitative estimate of drug-likeness (QED) is 0.871. The Morgan fingerprint density at radius 2 is 2.00 bits per heavy atom. The van der Waals surface area contributed by atoms with Crippen LogP contribution in [0.4, 0.5) is 14.5 Å². The number of nitrogens with one attached hydrogen (secondary N) is 1. The first-order valence-corrected chi connectivity index (χ1v) is 7.48. The maximum absolute atomic E-state index is 12.1. The number of alkyl halides is 2. The van der Waals surface area contributed by atoms with Crippen molar-refractivity contribution in [2.45, 2.75) is 31.9 Å². The molecule has 1 heterocycles. The third kappa shape index (κ3) is 2.93. The number of ether oxygens (including phenoxy) is 1. The molecule has 0 radical (unpaired) electrons. The van der Waals surface area contributed by atoms with Crippen LogP contribution in [0.1, 0.15) is 29.3 Å². The van der Waals surface area contributed by atoms with Crippen LogP contribution in [-0.4, -0.2) is 6.61 Å². The van der Waals surface area contributed by atoms with E-state index in [-0.39, 0.29) is 5.75 Å². The van der Waals surface area contributed by atoms with E-state index in [0.29, 0.717) is 6.04 Å². The second kappa shape index (κ2) is 5.79. The van der Waals surface area contributed by atoms with Crippen molar-refractivity contribution < 1.29 is 13.5 Å². The molecular weight excluding hydrogens is 280 g/mol. The highest BCUT2D eigenvalue weighted by Gasteiger charge is 2.20. The summed E-state index contributed by atoms with van der Waals surface area (Å²) >= 11 is 1.81. The van der Waals surface area contributed by atoms with Gasteiger partial charge in [0.1, 0.15) is 5.75 Å². The van der Waals surface area contributed by atoms with Crippen molar-refractivity contribution >= 4 is 17.0 Å². The molecule has 0 amide bonds. The van der Waals surface area contributed by atoms with Gasteiger partial charge in [-0.3, -0.25) is 0 Å². The normalized spacial score (nSPS) is 17.9. The number of thiophene rings is 1. The fourth-order valence-electron chi connectivity index (χ4n) is 2.57. The minimum absolute atomic E-state index is 0.186. The molecule has 2 nitrogen and oxygen atoms in total. The van der Waals surface area contributed by atoms with Crippen LogP contribution in [0.25, 0.3) is 0 Å². The highest BCUT2D eigenvalue weighted by Crippen LogP contribution is 2.35. The van der Waals surface area contributed by atoms with E-state index in [0.717, 1.165) is 18.5 Å². The van der Waals surface area contributed by atoms with Crippen LogP contribution in [0, 0.1) is 0 Å². The number of fused-ring (bicyclic) bond motifs is 1. The van der Waals surface area contributed by atoms with Crippen molar-refractivity contribution in [2.75, 3.05) is 5.32 Å². The molecule has 0 bridgehead atoms. The first-order valence-electron chi connectivity index (χ1n) is 6.60.